The molecule has 0 bridgehead atoms. The molecule has 0 radical (unpaired) electrons. The van der Waals surface area contributed by atoms with Crippen LogP contribution in [0.4, 0.5) is 5.95 Å². The molecule has 3 rings (SSSR count). The molecule has 0 spiro atoms. The number of benzene rings is 1. The maximum absolute atomic E-state index is 13.7. The van der Waals surface area contributed by atoms with E-state index in [-0.39, 0.29) is 18.3 Å². The number of amides is 1. The van der Waals surface area contributed by atoms with Crippen LogP contribution in [0.25, 0.3) is 11.0 Å². The van der Waals surface area contributed by atoms with Crippen LogP contribution in [0.15, 0.2) is 18.2 Å². The highest BCUT2D eigenvalue weighted by Crippen LogP contribution is 2.23. The summed E-state index contributed by atoms with van der Waals surface area (Å²) in [5, 5.41) is 3.34. The van der Waals surface area contributed by atoms with Crippen molar-refractivity contribution in [1.82, 2.24) is 19.4 Å². The number of aryl methyl sites for hydroxylation is 1. The standard InChI is InChI=1S/C30H49N5O3/c1-23(2)13-20-34(21-14-24(3)4)29(37)25-10-11-26-27(22-25)35(19-9-18-33-16-7-6-8-17-33)30(32-26)31-15-12-28(36)38-5/h10-11,22-24H,6-9,12-21H2,1-5H3,(H,31,32). The van der Waals surface area contributed by atoms with Gasteiger partial charge in [-0.15, -0.1) is 0 Å². The maximum Gasteiger partial charge on any atom is 0.307 e. The summed E-state index contributed by atoms with van der Waals surface area (Å²) in [5.74, 6) is 1.68. The fraction of sp³-hybridized carbons (Fsp3) is 0.700. The number of carbonyl (C=O) groups excluding carboxylic acids is 2. The van der Waals surface area contributed by atoms with E-state index in [1.165, 1.54) is 39.5 Å². The number of methoxy groups -OCH3 is 1. The van der Waals surface area contributed by atoms with E-state index in [9.17, 15) is 9.59 Å². The van der Waals surface area contributed by atoms with Gasteiger partial charge in [0.15, 0.2) is 0 Å². The van der Waals surface area contributed by atoms with Gasteiger partial charge >= 0.3 is 5.97 Å². The average molecular weight is 528 g/mol. The van der Waals surface area contributed by atoms with Crippen LogP contribution in [-0.4, -0.2) is 77.6 Å². The maximum atomic E-state index is 13.7. The Labute approximate surface area is 229 Å². The van der Waals surface area contributed by atoms with Crippen molar-refractivity contribution in [2.45, 2.75) is 79.2 Å². The molecule has 0 unspecified atom stereocenters. The van der Waals surface area contributed by atoms with Crippen molar-refractivity contribution in [3.8, 4) is 0 Å². The minimum absolute atomic E-state index is 0.0921. The summed E-state index contributed by atoms with van der Waals surface area (Å²) >= 11 is 0. The van der Waals surface area contributed by atoms with Gasteiger partial charge in [-0.25, -0.2) is 4.98 Å². The number of nitrogens with zero attached hydrogens (tertiary/aromatic N) is 4. The lowest BCUT2D eigenvalue weighted by molar-refractivity contribution is -0.140. The molecule has 1 aromatic carbocycles. The van der Waals surface area contributed by atoms with Gasteiger partial charge in [0, 0.05) is 31.7 Å². The van der Waals surface area contributed by atoms with Crippen LogP contribution in [0, 0.1) is 11.8 Å². The third-order valence-electron chi connectivity index (χ3n) is 7.38. The zero-order valence-electron chi connectivity index (χ0n) is 24.3. The first-order valence-electron chi connectivity index (χ1n) is 14.6. The van der Waals surface area contributed by atoms with Crippen molar-refractivity contribution in [2.75, 3.05) is 51.7 Å². The summed E-state index contributed by atoms with van der Waals surface area (Å²) in [6.45, 7) is 15.0. The van der Waals surface area contributed by atoms with Crippen LogP contribution in [-0.2, 0) is 16.1 Å². The van der Waals surface area contributed by atoms with Gasteiger partial charge in [-0.2, -0.15) is 0 Å². The first-order valence-corrected chi connectivity index (χ1v) is 14.6. The Morgan fingerprint density at radius 2 is 1.71 bits per heavy atom. The fourth-order valence-electron chi connectivity index (χ4n) is 4.96. The van der Waals surface area contributed by atoms with Gasteiger partial charge in [-0.1, -0.05) is 34.1 Å². The molecule has 2 aromatic rings. The van der Waals surface area contributed by atoms with Crippen LogP contribution in [0.5, 0.6) is 0 Å². The predicted octanol–water partition coefficient (Wildman–Crippen LogP) is 5.42. The molecule has 1 amide bonds. The average Bonchev–Trinajstić information content (AvgIpc) is 3.25. The molecule has 1 aliphatic rings. The summed E-state index contributed by atoms with van der Waals surface area (Å²) in [6.07, 6.45) is 7.17. The van der Waals surface area contributed by atoms with Gasteiger partial charge in [0.05, 0.1) is 24.6 Å². The molecule has 1 N–H and O–H groups in total. The summed E-state index contributed by atoms with van der Waals surface area (Å²) in [4.78, 5) is 34.7. The van der Waals surface area contributed by atoms with Crippen LogP contribution < -0.4 is 5.32 Å². The van der Waals surface area contributed by atoms with Crippen LogP contribution >= 0.6 is 0 Å². The van der Waals surface area contributed by atoms with E-state index in [1.54, 1.807) is 0 Å². The zero-order valence-corrected chi connectivity index (χ0v) is 24.3. The number of anilines is 1. The summed E-state index contributed by atoms with van der Waals surface area (Å²) in [7, 11) is 1.41. The number of fused-ring (bicyclic) bond motifs is 1. The number of aromatic nitrogens is 2. The summed E-state index contributed by atoms with van der Waals surface area (Å²) in [5.41, 5.74) is 2.53. The van der Waals surface area contributed by atoms with E-state index in [4.69, 9.17) is 9.72 Å². The van der Waals surface area contributed by atoms with E-state index in [0.29, 0.717) is 23.9 Å². The summed E-state index contributed by atoms with van der Waals surface area (Å²) in [6, 6.07) is 5.87. The molecular weight excluding hydrogens is 478 g/mol. The Kier molecular flexibility index (Phi) is 11.9. The molecule has 212 valence electrons. The normalized spacial score (nSPS) is 14.4. The molecule has 1 aromatic heterocycles. The highest BCUT2D eigenvalue weighted by atomic mass is 16.5. The molecule has 1 aliphatic heterocycles. The minimum atomic E-state index is -0.249. The van der Waals surface area contributed by atoms with E-state index in [0.717, 1.165) is 62.4 Å². The Morgan fingerprint density at radius 3 is 2.34 bits per heavy atom. The number of imidazole rings is 1. The number of hydrogen-bond donors (Lipinski definition) is 1. The molecule has 1 saturated heterocycles. The van der Waals surface area contributed by atoms with E-state index >= 15 is 0 Å². The Hall–Kier alpha value is -2.61. The lowest BCUT2D eigenvalue weighted by Crippen LogP contribution is -2.34. The Balaban J connectivity index is 1.83. The molecule has 38 heavy (non-hydrogen) atoms. The SMILES string of the molecule is COC(=O)CCNc1nc2ccc(C(=O)N(CCC(C)C)CCC(C)C)cc2n1CCCN1CCCCC1. The van der Waals surface area contributed by atoms with E-state index in [1.807, 2.05) is 23.1 Å². The highest BCUT2D eigenvalue weighted by molar-refractivity contribution is 5.97. The third kappa shape index (κ3) is 9.00. The molecule has 8 heteroatoms. The number of hydrogen-bond acceptors (Lipinski definition) is 6. The second-order valence-corrected chi connectivity index (χ2v) is 11.5. The first-order chi connectivity index (χ1) is 18.3. The molecule has 2 heterocycles. The van der Waals surface area contributed by atoms with Gasteiger partial charge in [-0.3, -0.25) is 9.59 Å². The van der Waals surface area contributed by atoms with Crippen molar-refractivity contribution in [2.24, 2.45) is 11.8 Å². The fourth-order valence-corrected chi connectivity index (χ4v) is 4.96. The van der Waals surface area contributed by atoms with Crippen molar-refractivity contribution >= 4 is 28.9 Å². The number of piperidine rings is 1. The number of ether oxygens (including phenoxy) is 1. The van der Waals surface area contributed by atoms with Crippen molar-refractivity contribution in [1.29, 1.82) is 0 Å². The number of nitrogens with one attached hydrogen (secondary N) is 1. The molecule has 0 saturated carbocycles. The van der Waals surface area contributed by atoms with Crippen molar-refractivity contribution < 1.29 is 14.3 Å². The van der Waals surface area contributed by atoms with E-state index in [2.05, 4.69) is 42.5 Å². The lowest BCUT2D eigenvalue weighted by Gasteiger charge is -2.26. The third-order valence-corrected chi connectivity index (χ3v) is 7.38. The van der Waals surface area contributed by atoms with Crippen molar-refractivity contribution in [3.05, 3.63) is 23.8 Å². The monoisotopic (exact) mass is 527 g/mol. The summed E-state index contributed by atoms with van der Waals surface area (Å²) < 4.78 is 6.97. The van der Waals surface area contributed by atoms with Gasteiger partial charge in [0.2, 0.25) is 5.95 Å². The Morgan fingerprint density at radius 1 is 1.03 bits per heavy atom. The lowest BCUT2D eigenvalue weighted by atomic mass is 10.1. The van der Waals surface area contributed by atoms with E-state index < -0.39 is 0 Å². The van der Waals surface area contributed by atoms with Gasteiger partial charge in [0.1, 0.15) is 0 Å². The second kappa shape index (κ2) is 15.1. The number of likely N-dealkylation sites (tertiary alicyclic amines) is 1. The van der Waals surface area contributed by atoms with Crippen LogP contribution in [0.1, 0.15) is 83.0 Å². The number of rotatable bonds is 15. The van der Waals surface area contributed by atoms with Crippen molar-refractivity contribution in [3.63, 3.8) is 0 Å². The van der Waals surface area contributed by atoms with Crippen LogP contribution in [0.3, 0.4) is 0 Å². The quantitative estimate of drug-likeness (QED) is 0.312. The second-order valence-electron chi connectivity index (χ2n) is 11.5. The predicted molar refractivity (Wildman–Crippen MR) is 155 cm³/mol. The molecular formula is C30H49N5O3. The molecule has 1 fully saturated rings. The Bertz CT molecular complexity index is 1010. The van der Waals surface area contributed by atoms with Gasteiger partial charge in [-0.05, 0) is 81.8 Å². The largest absolute Gasteiger partial charge is 0.469 e. The first kappa shape index (κ1) is 29.9. The molecule has 8 nitrogen and oxygen atoms in total. The minimum Gasteiger partial charge on any atom is -0.469 e. The van der Waals surface area contributed by atoms with Gasteiger partial charge < -0.3 is 24.4 Å². The van der Waals surface area contributed by atoms with Crippen LogP contribution in [0.2, 0.25) is 0 Å². The smallest absolute Gasteiger partial charge is 0.307 e. The van der Waals surface area contributed by atoms with Gasteiger partial charge in [0.25, 0.3) is 5.91 Å². The molecule has 0 atom stereocenters. The number of carbonyl (C=O) groups is 2. The topological polar surface area (TPSA) is 79.7 Å². The zero-order chi connectivity index (χ0) is 27.5. The molecule has 0 aliphatic carbocycles. The number of esters is 1. The highest BCUT2D eigenvalue weighted by Gasteiger charge is 2.20.